The quantitative estimate of drug-likeness (QED) is 0.675. The van der Waals surface area contributed by atoms with Gasteiger partial charge in [0.2, 0.25) is 0 Å². The second kappa shape index (κ2) is 5.25. The van der Waals surface area contributed by atoms with Crippen molar-refractivity contribution in [3.05, 3.63) is 49.8 Å². The third-order valence-electron chi connectivity index (χ3n) is 2.13. The van der Waals surface area contributed by atoms with E-state index < -0.39 is 0 Å². The van der Waals surface area contributed by atoms with Crippen LogP contribution in [0.25, 0.3) is 0 Å². The normalized spacial score (nSPS) is 12.7. The van der Waals surface area contributed by atoms with E-state index in [-0.39, 0.29) is 6.04 Å². The highest BCUT2D eigenvalue weighted by Gasteiger charge is 2.20. The van der Waals surface area contributed by atoms with Gasteiger partial charge in [-0.1, -0.05) is 11.6 Å². The largest absolute Gasteiger partial charge is 0.270 e. The Morgan fingerprint density at radius 1 is 1.50 bits per heavy atom. The fourth-order valence-electron chi connectivity index (χ4n) is 1.40. The van der Waals surface area contributed by atoms with Crippen molar-refractivity contribution in [1.82, 2.24) is 10.4 Å². The minimum atomic E-state index is -0.192. The summed E-state index contributed by atoms with van der Waals surface area (Å²) in [6, 6.07) is 5.44. The maximum absolute atomic E-state index is 6.09. The number of nitrogens with zero attached hydrogens (tertiary/aromatic N) is 1. The van der Waals surface area contributed by atoms with Crippen molar-refractivity contribution in [3.63, 3.8) is 0 Å². The zero-order valence-corrected chi connectivity index (χ0v) is 11.3. The van der Waals surface area contributed by atoms with Gasteiger partial charge in [0.25, 0.3) is 0 Å². The molecule has 6 heteroatoms. The predicted octanol–water partition coefficient (Wildman–Crippen LogP) is 3.11. The van der Waals surface area contributed by atoms with Gasteiger partial charge >= 0.3 is 0 Å². The van der Waals surface area contributed by atoms with Crippen LogP contribution in [0.4, 0.5) is 0 Å². The van der Waals surface area contributed by atoms with Crippen LogP contribution in [0.15, 0.2) is 34.2 Å². The van der Waals surface area contributed by atoms with Gasteiger partial charge in [0.1, 0.15) is 0 Å². The Balaban J connectivity index is 2.45. The van der Waals surface area contributed by atoms with E-state index in [1.165, 1.54) is 0 Å². The highest BCUT2D eigenvalue weighted by atomic mass is 79.9. The molecule has 0 saturated heterocycles. The summed E-state index contributed by atoms with van der Waals surface area (Å²) in [6.45, 7) is 0. The molecule has 1 unspecified atom stereocenters. The Morgan fingerprint density at radius 3 is 2.88 bits per heavy atom. The average Bonchev–Trinajstić information content (AvgIpc) is 2.69. The Bertz CT molecular complexity index is 488. The molecule has 0 saturated carbocycles. The third-order valence-corrected chi connectivity index (χ3v) is 4.23. The minimum absolute atomic E-state index is 0.192. The summed E-state index contributed by atoms with van der Waals surface area (Å²) >= 11 is 11.1. The smallest absolute Gasteiger partial charge is 0.0999 e. The molecule has 0 amide bonds. The monoisotopic (exact) mass is 317 g/mol. The Kier molecular flexibility index (Phi) is 3.94. The van der Waals surface area contributed by atoms with E-state index in [1.807, 2.05) is 23.6 Å². The SMILES string of the molecule is NNC(c1ncccc1Br)c1sccc1Cl. The van der Waals surface area contributed by atoms with Gasteiger partial charge in [-0.2, -0.15) is 0 Å². The molecule has 0 aromatic carbocycles. The molecule has 2 heterocycles. The Labute approximate surface area is 111 Å². The lowest BCUT2D eigenvalue weighted by molar-refractivity contribution is 0.627. The van der Waals surface area contributed by atoms with E-state index in [1.54, 1.807) is 17.5 Å². The van der Waals surface area contributed by atoms with Crippen LogP contribution >= 0.6 is 38.9 Å². The highest BCUT2D eigenvalue weighted by Crippen LogP contribution is 2.34. The van der Waals surface area contributed by atoms with Gasteiger partial charge in [-0.3, -0.25) is 10.8 Å². The topological polar surface area (TPSA) is 50.9 Å². The summed E-state index contributed by atoms with van der Waals surface area (Å²) in [4.78, 5) is 5.27. The molecule has 2 aromatic heterocycles. The lowest BCUT2D eigenvalue weighted by atomic mass is 10.1. The molecule has 0 spiro atoms. The summed E-state index contributed by atoms with van der Waals surface area (Å²) in [6.07, 6.45) is 1.73. The van der Waals surface area contributed by atoms with Crippen LogP contribution in [0.3, 0.4) is 0 Å². The van der Waals surface area contributed by atoms with Crippen molar-refractivity contribution < 1.29 is 0 Å². The zero-order chi connectivity index (χ0) is 11.5. The van der Waals surface area contributed by atoms with Gasteiger partial charge in [0, 0.05) is 15.5 Å². The molecule has 0 aliphatic rings. The number of pyridine rings is 1. The number of aromatic nitrogens is 1. The molecule has 2 aromatic rings. The standard InChI is InChI=1S/C10H9BrClN3S/c11-6-2-1-4-14-8(6)9(15-13)10-7(12)3-5-16-10/h1-5,9,15H,13H2. The fraction of sp³-hybridized carbons (Fsp3) is 0.100. The number of nitrogens with two attached hydrogens (primary N) is 1. The second-order valence-electron chi connectivity index (χ2n) is 3.10. The number of hydrogen-bond acceptors (Lipinski definition) is 4. The molecule has 84 valence electrons. The van der Waals surface area contributed by atoms with Gasteiger partial charge in [0.05, 0.1) is 16.8 Å². The van der Waals surface area contributed by atoms with Crippen molar-refractivity contribution >= 4 is 38.9 Å². The number of nitrogens with one attached hydrogen (secondary N) is 1. The number of rotatable bonds is 3. The van der Waals surface area contributed by atoms with Gasteiger partial charge in [-0.05, 0) is 39.5 Å². The lowest BCUT2D eigenvalue weighted by Gasteiger charge is -2.15. The molecule has 1 atom stereocenters. The predicted molar refractivity (Wildman–Crippen MR) is 70.4 cm³/mol. The van der Waals surface area contributed by atoms with E-state index in [9.17, 15) is 0 Å². The first-order chi connectivity index (χ1) is 7.74. The van der Waals surface area contributed by atoms with Crippen molar-refractivity contribution in [3.8, 4) is 0 Å². The van der Waals surface area contributed by atoms with E-state index in [2.05, 4.69) is 26.3 Å². The minimum Gasteiger partial charge on any atom is -0.270 e. The maximum atomic E-state index is 6.09. The molecule has 3 N–H and O–H groups in total. The molecule has 0 aliphatic heterocycles. The first-order valence-corrected chi connectivity index (χ1v) is 6.58. The lowest BCUT2D eigenvalue weighted by Crippen LogP contribution is -2.29. The number of hydrogen-bond donors (Lipinski definition) is 2. The molecule has 0 fully saturated rings. The molecule has 2 rings (SSSR count). The molecule has 0 bridgehead atoms. The molecular formula is C10H9BrClN3S. The molecular weight excluding hydrogens is 310 g/mol. The average molecular weight is 319 g/mol. The van der Waals surface area contributed by atoms with Crippen molar-refractivity contribution in [2.75, 3.05) is 0 Å². The number of hydrazine groups is 1. The molecule has 16 heavy (non-hydrogen) atoms. The van der Waals surface area contributed by atoms with Gasteiger partial charge in [0.15, 0.2) is 0 Å². The summed E-state index contributed by atoms with van der Waals surface area (Å²) in [5.41, 5.74) is 3.56. The second-order valence-corrected chi connectivity index (χ2v) is 5.31. The third kappa shape index (κ3) is 2.28. The van der Waals surface area contributed by atoms with Crippen LogP contribution in [-0.4, -0.2) is 4.98 Å². The maximum Gasteiger partial charge on any atom is 0.0999 e. The Hall–Kier alpha value is -0.460. The summed E-state index contributed by atoms with van der Waals surface area (Å²) < 4.78 is 0.905. The van der Waals surface area contributed by atoms with Crippen LogP contribution in [0.1, 0.15) is 16.6 Å². The van der Waals surface area contributed by atoms with E-state index in [0.29, 0.717) is 5.02 Å². The highest BCUT2D eigenvalue weighted by molar-refractivity contribution is 9.10. The van der Waals surface area contributed by atoms with E-state index in [4.69, 9.17) is 17.4 Å². The van der Waals surface area contributed by atoms with Crippen molar-refractivity contribution in [2.45, 2.75) is 6.04 Å². The molecule has 0 radical (unpaired) electrons. The van der Waals surface area contributed by atoms with Gasteiger partial charge in [-0.15, -0.1) is 11.3 Å². The van der Waals surface area contributed by atoms with E-state index in [0.717, 1.165) is 15.0 Å². The number of thiophene rings is 1. The molecule has 0 aliphatic carbocycles. The Morgan fingerprint density at radius 2 is 2.31 bits per heavy atom. The number of halogens is 2. The first kappa shape index (κ1) is 12.0. The van der Waals surface area contributed by atoms with Crippen LogP contribution in [0.2, 0.25) is 5.02 Å². The summed E-state index contributed by atoms with van der Waals surface area (Å²) in [5, 5.41) is 2.63. The van der Waals surface area contributed by atoms with Crippen molar-refractivity contribution in [1.29, 1.82) is 0 Å². The molecule has 3 nitrogen and oxygen atoms in total. The van der Waals surface area contributed by atoms with Crippen molar-refractivity contribution in [2.24, 2.45) is 5.84 Å². The first-order valence-electron chi connectivity index (χ1n) is 4.53. The summed E-state index contributed by atoms with van der Waals surface area (Å²) in [5.74, 6) is 5.57. The van der Waals surface area contributed by atoms with Gasteiger partial charge in [-0.25, -0.2) is 5.43 Å². The van der Waals surface area contributed by atoms with E-state index >= 15 is 0 Å². The van der Waals surface area contributed by atoms with Crippen LogP contribution in [0.5, 0.6) is 0 Å². The van der Waals surface area contributed by atoms with Crippen LogP contribution < -0.4 is 11.3 Å². The van der Waals surface area contributed by atoms with Crippen LogP contribution in [-0.2, 0) is 0 Å². The summed E-state index contributed by atoms with van der Waals surface area (Å²) in [7, 11) is 0. The fourth-order valence-corrected chi connectivity index (χ4v) is 3.11. The van der Waals surface area contributed by atoms with Gasteiger partial charge < -0.3 is 0 Å². The zero-order valence-electron chi connectivity index (χ0n) is 8.15. The van der Waals surface area contributed by atoms with Crippen LogP contribution in [0, 0.1) is 0 Å².